The number of aliphatic carboxylic acids is 1. The van der Waals surface area contributed by atoms with E-state index in [9.17, 15) is 14.7 Å². The van der Waals surface area contributed by atoms with Crippen LogP contribution in [0.15, 0.2) is 0 Å². The van der Waals surface area contributed by atoms with Crippen molar-refractivity contribution in [3.63, 3.8) is 0 Å². The number of nitrogens with one attached hydrogen (secondary N) is 1. The highest BCUT2D eigenvalue weighted by atomic mass is 16.4. The average molecular weight is 487 g/mol. The number of carboxylic acid groups (broad SMARTS) is 1. The number of rotatable bonds is 21. The summed E-state index contributed by atoms with van der Waals surface area (Å²) in [5.74, 6) is -1.20. The van der Waals surface area contributed by atoms with Crippen LogP contribution >= 0.6 is 0 Å². The molecule has 0 saturated heterocycles. The minimum atomic E-state index is -1.44. The van der Waals surface area contributed by atoms with Crippen molar-refractivity contribution in [3.8, 4) is 0 Å². The molecule has 0 bridgehead atoms. The summed E-state index contributed by atoms with van der Waals surface area (Å²) in [5.41, 5.74) is 0. The first kappa shape index (κ1) is 35.0. The van der Waals surface area contributed by atoms with Gasteiger partial charge < -0.3 is 24.8 Å². The SMILES string of the molecule is CC(O)C(=O)[O-].CCCCCCCCCCCCCCCCCC(=O)NC(CC)[N+](C)(C)CC. The Balaban J connectivity index is 0. The van der Waals surface area contributed by atoms with Gasteiger partial charge in [0.25, 0.3) is 0 Å². The molecule has 6 nitrogen and oxygen atoms in total. The summed E-state index contributed by atoms with van der Waals surface area (Å²) in [6, 6.07) is 0. The highest BCUT2D eigenvalue weighted by molar-refractivity contribution is 5.75. The number of carboxylic acids is 1. The molecule has 0 aromatic rings. The van der Waals surface area contributed by atoms with E-state index in [2.05, 4.69) is 40.2 Å². The predicted molar refractivity (Wildman–Crippen MR) is 141 cm³/mol. The molecule has 0 spiro atoms. The highest BCUT2D eigenvalue weighted by Gasteiger charge is 2.25. The fraction of sp³-hybridized carbons (Fsp3) is 0.929. The second-order valence-corrected chi connectivity index (χ2v) is 10.3. The molecule has 0 saturated carbocycles. The number of aliphatic hydroxyl groups excluding tert-OH is 1. The molecule has 0 heterocycles. The first-order valence-electron chi connectivity index (χ1n) is 14.1. The molecule has 34 heavy (non-hydrogen) atoms. The van der Waals surface area contributed by atoms with Crippen LogP contribution < -0.4 is 10.4 Å². The number of carbonyl (C=O) groups excluding carboxylic acids is 2. The molecule has 6 heteroatoms. The monoisotopic (exact) mass is 486 g/mol. The van der Waals surface area contributed by atoms with Gasteiger partial charge in [-0.25, -0.2) is 0 Å². The van der Waals surface area contributed by atoms with Gasteiger partial charge in [-0.1, -0.05) is 104 Å². The van der Waals surface area contributed by atoms with Crippen LogP contribution in [0.1, 0.15) is 137 Å². The Bertz CT molecular complexity index is 481. The van der Waals surface area contributed by atoms with Gasteiger partial charge in [-0.05, 0) is 20.3 Å². The summed E-state index contributed by atoms with van der Waals surface area (Å²) in [7, 11) is 4.39. The summed E-state index contributed by atoms with van der Waals surface area (Å²) < 4.78 is 0.862. The Kier molecular flexibility index (Phi) is 24.3. The van der Waals surface area contributed by atoms with Crippen LogP contribution in [0.4, 0.5) is 0 Å². The smallest absolute Gasteiger partial charge is 0.224 e. The number of hydrogen-bond donors (Lipinski definition) is 2. The molecule has 0 aliphatic heterocycles. The molecule has 0 aliphatic rings. The number of amides is 1. The van der Waals surface area contributed by atoms with Gasteiger partial charge in [0.2, 0.25) is 5.91 Å². The lowest BCUT2D eigenvalue weighted by atomic mass is 10.0. The van der Waals surface area contributed by atoms with Gasteiger partial charge >= 0.3 is 0 Å². The summed E-state index contributed by atoms with van der Waals surface area (Å²) in [6.07, 6.45) is 21.1. The van der Waals surface area contributed by atoms with Gasteiger partial charge in [-0.15, -0.1) is 0 Å². The minimum Gasteiger partial charge on any atom is -0.547 e. The van der Waals surface area contributed by atoms with E-state index in [0.717, 1.165) is 30.8 Å². The number of unbranched alkanes of at least 4 members (excludes halogenated alkanes) is 14. The molecule has 0 aromatic heterocycles. The molecule has 0 aromatic carbocycles. The molecule has 0 fully saturated rings. The summed E-state index contributed by atoms with van der Waals surface area (Å²) in [4.78, 5) is 21.5. The van der Waals surface area contributed by atoms with E-state index in [1.807, 2.05) is 0 Å². The Hall–Kier alpha value is -1.14. The first-order valence-corrected chi connectivity index (χ1v) is 14.1. The molecule has 0 rings (SSSR count). The van der Waals surface area contributed by atoms with E-state index in [-0.39, 0.29) is 12.1 Å². The molecule has 0 radical (unpaired) electrons. The number of aliphatic hydroxyl groups is 1. The second kappa shape index (κ2) is 23.6. The predicted octanol–water partition coefficient (Wildman–Crippen LogP) is 5.31. The second-order valence-electron chi connectivity index (χ2n) is 10.3. The van der Waals surface area contributed by atoms with Gasteiger partial charge in [0, 0.05) is 12.8 Å². The molecule has 1 amide bonds. The number of carbonyl (C=O) groups is 2. The normalized spacial score (nSPS) is 13.0. The van der Waals surface area contributed by atoms with E-state index >= 15 is 0 Å². The quantitative estimate of drug-likeness (QED) is 0.131. The van der Waals surface area contributed by atoms with Crippen LogP contribution in [0.5, 0.6) is 0 Å². The van der Waals surface area contributed by atoms with Crippen molar-refractivity contribution in [1.82, 2.24) is 5.32 Å². The minimum absolute atomic E-state index is 0.237. The maximum absolute atomic E-state index is 12.2. The van der Waals surface area contributed by atoms with E-state index < -0.39 is 12.1 Å². The molecule has 2 atom stereocenters. The fourth-order valence-corrected chi connectivity index (χ4v) is 3.91. The molecule has 204 valence electrons. The first-order chi connectivity index (χ1) is 16.1. The molecular weight excluding hydrogens is 428 g/mol. The van der Waals surface area contributed by atoms with Crippen LogP contribution in [-0.4, -0.2) is 54.4 Å². The van der Waals surface area contributed by atoms with Crippen LogP contribution in [0.3, 0.4) is 0 Å². The lowest BCUT2D eigenvalue weighted by Gasteiger charge is -2.36. The Morgan fingerprint density at radius 1 is 0.765 bits per heavy atom. The van der Waals surface area contributed by atoms with E-state index in [1.54, 1.807) is 0 Å². The third-order valence-corrected chi connectivity index (χ3v) is 6.72. The van der Waals surface area contributed by atoms with Crippen molar-refractivity contribution >= 4 is 11.9 Å². The van der Waals surface area contributed by atoms with Gasteiger partial charge in [0.05, 0.1) is 32.7 Å². The summed E-state index contributed by atoms with van der Waals surface area (Å²) in [5, 5.41) is 20.5. The van der Waals surface area contributed by atoms with E-state index in [4.69, 9.17) is 5.11 Å². The van der Waals surface area contributed by atoms with Crippen LogP contribution in [0, 0.1) is 0 Å². The lowest BCUT2D eigenvalue weighted by molar-refractivity contribution is -0.915. The van der Waals surface area contributed by atoms with Crippen LogP contribution in [0.25, 0.3) is 0 Å². The van der Waals surface area contributed by atoms with Crippen LogP contribution in [0.2, 0.25) is 0 Å². The number of quaternary nitrogens is 1. The van der Waals surface area contributed by atoms with Gasteiger partial charge in [0.15, 0.2) is 6.17 Å². The molecule has 0 aliphatic carbocycles. The lowest BCUT2D eigenvalue weighted by Crippen LogP contribution is -2.57. The van der Waals surface area contributed by atoms with Crippen LogP contribution in [-0.2, 0) is 9.59 Å². The zero-order valence-electron chi connectivity index (χ0n) is 23.5. The van der Waals surface area contributed by atoms with Crippen molar-refractivity contribution < 1.29 is 24.3 Å². The maximum Gasteiger partial charge on any atom is 0.224 e. The zero-order chi connectivity index (χ0) is 26.2. The van der Waals surface area contributed by atoms with Gasteiger partial charge in [0.1, 0.15) is 0 Å². The largest absolute Gasteiger partial charge is 0.547 e. The summed E-state index contributed by atoms with van der Waals surface area (Å²) >= 11 is 0. The van der Waals surface area contributed by atoms with Crippen molar-refractivity contribution in [2.24, 2.45) is 0 Å². The van der Waals surface area contributed by atoms with E-state index in [0.29, 0.717) is 6.42 Å². The zero-order valence-corrected chi connectivity index (χ0v) is 23.5. The molecule has 2 unspecified atom stereocenters. The third-order valence-electron chi connectivity index (χ3n) is 6.72. The average Bonchev–Trinajstić information content (AvgIpc) is 2.80. The van der Waals surface area contributed by atoms with Crippen molar-refractivity contribution in [1.29, 1.82) is 0 Å². The number of hydrogen-bond acceptors (Lipinski definition) is 4. The summed E-state index contributed by atoms with van der Waals surface area (Å²) in [6.45, 7) is 8.80. The van der Waals surface area contributed by atoms with Crippen molar-refractivity contribution in [2.75, 3.05) is 20.6 Å². The maximum atomic E-state index is 12.2. The van der Waals surface area contributed by atoms with Crippen molar-refractivity contribution in [3.05, 3.63) is 0 Å². The topological polar surface area (TPSA) is 89.5 Å². The Morgan fingerprint density at radius 2 is 1.12 bits per heavy atom. The van der Waals surface area contributed by atoms with Gasteiger partial charge in [-0.2, -0.15) is 0 Å². The Labute approximate surface area is 211 Å². The van der Waals surface area contributed by atoms with E-state index in [1.165, 1.54) is 89.9 Å². The Morgan fingerprint density at radius 3 is 1.41 bits per heavy atom. The number of nitrogens with zero attached hydrogens (tertiary/aromatic N) is 1. The van der Waals surface area contributed by atoms with Crippen molar-refractivity contribution in [2.45, 2.75) is 149 Å². The molecular formula is C28H58N2O4. The fourth-order valence-electron chi connectivity index (χ4n) is 3.91. The highest BCUT2D eigenvalue weighted by Crippen LogP contribution is 2.14. The third kappa shape index (κ3) is 22.6. The standard InChI is InChI=1S/C25H52N2O.C3H6O3/c1-6-9-10-11-12-13-14-15-16-17-18-19-20-21-22-23-25(28)26-24(7-2)27(4,5)8-3;1-2(4)3(5)6/h24H,6-23H2,1-5H3;2,4H,1H3,(H,5,6). The molecule has 2 N–H and O–H groups in total. The van der Waals surface area contributed by atoms with Gasteiger partial charge in [-0.3, -0.25) is 4.79 Å².